The predicted octanol–water partition coefficient (Wildman–Crippen LogP) is 6.22. The van der Waals surface area contributed by atoms with Gasteiger partial charge in [-0.1, -0.05) is 48.6 Å². The second-order valence-electron chi connectivity index (χ2n) is 12.0. The van der Waals surface area contributed by atoms with Crippen LogP contribution < -0.4 is 14.8 Å². The van der Waals surface area contributed by atoms with Crippen molar-refractivity contribution in [1.29, 1.82) is 0 Å². The lowest BCUT2D eigenvalue weighted by molar-refractivity contribution is -0.134. The van der Waals surface area contributed by atoms with E-state index in [0.29, 0.717) is 44.1 Å². The molecule has 0 unspecified atom stereocenters. The molecule has 0 radical (unpaired) electrons. The summed E-state index contributed by atoms with van der Waals surface area (Å²) in [5.74, 6) is 1.10. The van der Waals surface area contributed by atoms with Crippen molar-refractivity contribution in [2.24, 2.45) is 5.92 Å². The lowest BCUT2D eigenvalue weighted by Gasteiger charge is -2.35. The fraction of sp³-hybridized carbons (Fsp3) is 0.395. The molecule has 1 saturated heterocycles. The molecule has 1 N–H and O–H groups in total. The molecule has 3 aromatic carbocycles. The molecular formula is C38H44N2O7. The van der Waals surface area contributed by atoms with Crippen LogP contribution in [0.2, 0.25) is 0 Å². The number of anilines is 1. The van der Waals surface area contributed by atoms with E-state index in [1.165, 1.54) is 6.92 Å². The molecule has 0 spiro atoms. The normalized spacial score (nSPS) is 20.0. The number of carbonyl (C=O) groups is 3. The number of ether oxygens (including phenoxy) is 4. The molecule has 1 amide bonds. The molecule has 0 bridgehead atoms. The molecule has 0 aromatic heterocycles. The average Bonchev–Trinajstić information content (AvgIpc) is 3.40. The minimum atomic E-state index is -0.319. The van der Waals surface area contributed by atoms with Gasteiger partial charge >= 0.3 is 5.97 Å². The van der Waals surface area contributed by atoms with E-state index >= 15 is 0 Å². The van der Waals surface area contributed by atoms with Crippen molar-refractivity contribution in [2.45, 2.75) is 57.8 Å². The van der Waals surface area contributed by atoms with Crippen LogP contribution in [0.15, 0.2) is 84.9 Å². The fourth-order valence-corrected chi connectivity index (χ4v) is 6.29. The highest BCUT2D eigenvalue weighted by atomic mass is 16.5. The highest BCUT2D eigenvalue weighted by Crippen LogP contribution is 2.35. The van der Waals surface area contributed by atoms with Crippen LogP contribution in [0.1, 0.15) is 44.6 Å². The molecule has 1 aliphatic carbocycles. The van der Waals surface area contributed by atoms with E-state index in [4.69, 9.17) is 18.9 Å². The molecule has 248 valence electrons. The van der Waals surface area contributed by atoms with Gasteiger partial charge in [0, 0.05) is 44.5 Å². The third-order valence-corrected chi connectivity index (χ3v) is 8.63. The number of nitrogens with zero attached hydrogens (tertiary/aromatic N) is 1. The van der Waals surface area contributed by atoms with Crippen LogP contribution in [0.5, 0.6) is 11.5 Å². The van der Waals surface area contributed by atoms with Crippen molar-refractivity contribution in [3.63, 3.8) is 0 Å². The van der Waals surface area contributed by atoms with Crippen molar-refractivity contribution >= 4 is 23.3 Å². The van der Waals surface area contributed by atoms with Crippen LogP contribution in [0, 0.1) is 5.92 Å². The van der Waals surface area contributed by atoms with E-state index < -0.39 is 0 Å². The average molecular weight is 641 g/mol. The summed E-state index contributed by atoms with van der Waals surface area (Å²) in [7, 11) is 1.67. The molecular weight excluding hydrogens is 596 g/mol. The Labute approximate surface area is 276 Å². The van der Waals surface area contributed by atoms with E-state index in [-0.39, 0.29) is 42.1 Å². The predicted molar refractivity (Wildman–Crippen MR) is 180 cm³/mol. The summed E-state index contributed by atoms with van der Waals surface area (Å²) in [6, 6.07) is 22.9. The number of allylic oxidation sites excluding steroid dienone is 2. The fourth-order valence-electron chi connectivity index (χ4n) is 6.29. The molecule has 1 saturated carbocycles. The van der Waals surface area contributed by atoms with Gasteiger partial charge in [0.05, 0.1) is 39.1 Å². The van der Waals surface area contributed by atoms with Crippen molar-refractivity contribution in [3.05, 3.63) is 90.5 Å². The first-order valence-electron chi connectivity index (χ1n) is 16.3. The number of rotatable bonds is 14. The standard InChI is InChI=1S/C38H44N2O7/c1-27(41)39-31-16-18-32(19-17-31)47-37(43)11-6-4-3-5-10-34-36(25-35(42)38(34)40-20-22-45-23-21-40)46-26-28-12-14-29(15-13-28)30-8-7-9-33(24-30)44-2/h3-4,7-9,12-19,24,34,36,38H,5-6,10-11,20-23,25-26H2,1-2H3,(H,39,41)/t34-,36-,38+/m1/s1. The maximum absolute atomic E-state index is 13.3. The van der Waals surface area contributed by atoms with E-state index in [9.17, 15) is 14.4 Å². The van der Waals surface area contributed by atoms with Gasteiger partial charge in [-0.15, -0.1) is 0 Å². The number of methoxy groups -OCH3 is 1. The molecule has 2 aliphatic rings. The number of hydrogen-bond donors (Lipinski definition) is 1. The van der Waals surface area contributed by atoms with Gasteiger partial charge in [-0.2, -0.15) is 0 Å². The van der Waals surface area contributed by atoms with Gasteiger partial charge in [-0.05, 0) is 72.4 Å². The van der Waals surface area contributed by atoms with Crippen LogP contribution in [-0.4, -0.2) is 68.1 Å². The van der Waals surface area contributed by atoms with Crippen LogP contribution in [0.25, 0.3) is 11.1 Å². The van der Waals surface area contributed by atoms with E-state index in [1.54, 1.807) is 31.4 Å². The van der Waals surface area contributed by atoms with Gasteiger partial charge in [0.15, 0.2) is 5.78 Å². The zero-order valence-corrected chi connectivity index (χ0v) is 27.2. The van der Waals surface area contributed by atoms with E-state index in [1.807, 2.05) is 24.3 Å². The number of hydrogen-bond acceptors (Lipinski definition) is 8. The summed E-state index contributed by atoms with van der Waals surface area (Å²) in [6.45, 7) is 4.65. The summed E-state index contributed by atoms with van der Waals surface area (Å²) in [4.78, 5) is 39.1. The SMILES string of the molecule is COc1cccc(-c2ccc(CO[C@@H]3CC(=O)[C@@H](N4CCOCC4)[C@@H]3CCC=CCCC(=O)Oc3ccc(NC(C)=O)cc3)cc2)c1. The van der Waals surface area contributed by atoms with E-state index in [2.05, 4.69) is 46.6 Å². The summed E-state index contributed by atoms with van der Waals surface area (Å²) in [6.07, 6.45) is 6.76. The quantitative estimate of drug-likeness (QED) is 0.126. The first-order chi connectivity index (χ1) is 22.9. The third-order valence-electron chi connectivity index (χ3n) is 8.63. The number of benzene rings is 3. The van der Waals surface area contributed by atoms with Crippen LogP contribution >= 0.6 is 0 Å². The minimum Gasteiger partial charge on any atom is -0.497 e. The maximum atomic E-state index is 13.3. The second kappa shape index (κ2) is 17.0. The molecule has 5 rings (SSSR count). The highest BCUT2D eigenvalue weighted by molar-refractivity contribution is 5.89. The summed E-state index contributed by atoms with van der Waals surface area (Å²) in [5.41, 5.74) is 3.90. The Bertz CT molecular complexity index is 1510. The first-order valence-corrected chi connectivity index (χ1v) is 16.3. The molecule has 9 nitrogen and oxygen atoms in total. The summed E-state index contributed by atoms with van der Waals surface area (Å²) >= 11 is 0. The van der Waals surface area contributed by atoms with Crippen molar-refractivity contribution in [3.8, 4) is 22.6 Å². The molecule has 3 aromatic rings. The van der Waals surface area contributed by atoms with Crippen molar-refractivity contribution < 1.29 is 33.3 Å². The highest BCUT2D eigenvalue weighted by Gasteiger charge is 2.45. The van der Waals surface area contributed by atoms with Gasteiger partial charge < -0.3 is 24.3 Å². The summed E-state index contributed by atoms with van der Waals surface area (Å²) in [5, 5.41) is 2.68. The van der Waals surface area contributed by atoms with Gasteiger partial charge in [-0.25, -0.2) is 0 Å². The number of nitrogens with one attached hydrogen (secondary N) is 1. The van der Waals surface area contributed by atoms with Gasteiger partial charge in [0.1, 0.15) is 11.5 Å². The van der Waals surface area contributed by atoms with Gasteiger partial charge in [-0.3, -0.25) is 19.3 Å². The molecule has 47 heavy (non-hydrogen) atoms. The van der Waals surface area contributed by atoms with E-state index in [0.717, 1.165) is 48.4 Å². The van der Waals surface area contributed by atoms with Crippen LogP contribution in [-0.2, 0) is 30.5 Å². The van der Waals surface area contributed by atoms with Crippen LogP contribution in [0.3, 0.4) is 0 Å². The van der Waals surface area contributed by atoms with Gasteiger partial charge in [0.25, 0.3) is 0 Å². The molecule has 1 heterocycles. The van der Waals surface area contributed by atoms with Gasteiger partial charge in [0.2, 0.25) is 5.91 Å². The lowest BCUT2D eigenvalue weighted by Crippen LogP contribution is -2.49. The number of ketones is 1. The van der Waals surface area contributed by atoms with Crippen molar-refractivity contribution in [1.82, 2.24) is 4.90 Å². The van der Waals surface area contributed by atoms with Crippen LogP contribution in [0.4, 0.5) is 5.69 Å². The topological polar surface area (TPSA) is 103 Å². The Morgan fingerprint density at radius 1 is 0.936 bits per heavy atom. The second-order valence-corrected chi connectivity index (χ2v) is 12.0. The third kappa shape index (κ3) is 9.84. The Kier molecular flexibility index (Phi) is 12.3. The monoisotopic (exact) mass is 640 g/mol. The zero-order chi connectivity index (χ0) is 33.0. The first kappa shape index (κ1) is 34.0. The zero-order valence-electron chi connectivity index (χ0n) is 27.2. The number of Topliss-reactive ketones (excluding diaryl/α,β-unsaturated/α-hetero) is 1. The smallest absolute Gasteiger partial charge is 0.311 e. The maximum Gasteiger partial charge on any atom is 0.311 e. The number of esters is 1. The molecule has 1 aliphatic heterocycles. The molecule has 3 atom stereocenters. The van der Waals surface area contributed by atoms with Crippen molar-refractivity contribution in [2.75, 3.05) is 38.7 Å². The largest absolute Gasteiger partial charge is 0.497 e. The Morgan fingerprint density at radius 3 is 2.40 bits per heavy atom. The number of morpholine rings is 1. The number of amides is 1. The minimum absolute atomic E-state index is 0.0757. The lowest BCUT2D eigenvalue weighted by atomic mass is 9.93. The Hall–Kier alpha value is -4.31. The Morgan fingerprint density at radius 2 is 1.68 bits per heavy atom. The molecule has 2 fully saturated rings. The number of carbonyl (C=O) groups excluding carboxylic acids is 3. The Balaban J connectivity index is 1.13. The molecule has 9 heteroatoms. The summed E-state index contributed by atoms with van der Waals surface area (Å²) < 4.78 is 22.8.